The summed E-state index contributed by atoms with van der Waals surface area (Å²) in [7, 11) is 0. The Bertz CT molecular complexity index is 766. The predicted molar refractivity (Wildman–Crippen MR) is 83.6 cm³/mol. The van der Waals surface area contributed by atoms with Gasteiger partial charge in [-0.05, 0) is 11.6 Å². The molecule has 2 N–H and O–H groups in total. The first-order chi connectivity index (χ1) is 9.58. The van der Waals surface area contributed by atoms with Crippen molar-refractivity contribution in [3.63, 3.8) is 0 Å². The van der Waals surface area contributed by atoms with Crippen molar-refractivity contribution in [2.45, 2.75) is 12.8 Å². The molecule has 1 aromatic carbocycles. The number of hydrogen-bond acceptors (Lipinski definition) is 2. The number of nitrogens with zero attached hydrogens (tertiary/aromatic N) is 2. The van der Waals surface area contributed by atoms with Crippen molar-refractivity contribution >= 4 is 34.7 Å². The smallest absolute Gasteiger partial charge is 0.157 e. The van der Waals surface area contributed by atoms with Crippen LogP contribution >= 0.6 is 23.2 Å². The van der Waals surface area contributed by atoms with Gasteiger partial charge in [0.05, 0.1) is 15.7 Å². The molecule has 0 aliphatic carbocycles. The molecule has 3 aromatic rings. The number of rotatable bonds is 2. The summed E-state index contributed by atoms with van der Waals surface area (Å²) in [6.45, 7) is 2.07. The van der Waals surface area contributed by atoms with Gasteiger partial charge in [0.15, 0.2) is 5.65 Å². The SMILES string of the molecule is CC(c1ccccc1)c1nc2c(Cl)cc(Cl)cn2c1N. The van der Waals surface area contributed by atoms with E-state index in [0.29, 0.717) is 21.5 Å². The molecule has 3 rings (SSSR count). The van der Waals surface area contributed by atoms with Gasteiger partial charge in [-0.15, -0.1) is 0 Å². The summed E-state index contributed by atoms with van der Waals surface area (Å²) < 4.78 is 1.74. The highest BCUT2D eigenvalue weighted by molar-refractivity contribution is 6.36. The summed E-state index contributed by atoms with van der Waals surface area (Å²) in [4.78, 5) is 4.58. The van der Waals surface area contributed by atoms with E-state index in [1.165, 1.54) is 0 Å². The van der Waals surface area contributed by atoms with Crippen LogP contribution in [0.1, 0.15) is 24.1 Å². The second kappa shape index (κ2) is 5.00. The molecule has 0 aliphatic heterocycles. The number of halogens is 2. The van der Waals surface area contributed by atoms with E-state index in [1.54, 1.807) is 16.7 Å². The lowest BCUT2D eigenvalue weighted by atomic mass is 9.98. The van der Waals surface area contributed by atoms with Crippen LogP contribution in [0.2, 0.25) is 10.0 Å². The number of pyridine rings is 1. The number of imidazole rings is 1. The van der Waals surface area contributed by atoms with Gasteiger partial charge in [0, 0.05) is 12.1 Å². The monoisotopic (exact) mass is 305 g/mol. The minimum absolute atomic E-state index is 0.0888. The van der Waals surface area contributed by atoms with Gasteiger partial charge >= 0.3 is 0 Å². The third-order valence-electron chi connectivity index (χ3n) is 3.42. The predicted octanol–water partition coefficient (Wildman–Crippen LogP) is 4.38. The van der Waals surface area contributed by atoms with Crippen molar-refractivity contribution in [3.05, 3.63) is 63.9 Å². The molecule has 1 unspecified atom stereocenters. The van der Waals surface area contributed by atoms with Crippen LogP contribution in [0.15, 0.2) is 42.6 Å². The zero-order valence-corrected chi connectivity index (χ0v) is 12.4. The quantitative estimate of drug-likeness (QED) is 0.763. The van der Waals surface area contributed by atoms with E-state index >= 15 is 0 Å². The fraction of sp³-hybridized carbons (Fsp3) is 0.133. The molecule has 0 aliphatic rings. The normalized spacial score (nSPS) is 12.8. The molecule has 20 heavy (non-hydrogen) atoms. The number of hydrogen-bond donors (Lipinski definition) is 1. The molecule has 5 heteroatoms. The first kappa shape index (κ1) is 13.3. The number of aromatic nitrogens is 2. The summed E-state index contributed by atoms with van der Waals surface area (Å²) in [5.41, 5.74) is 8.79. The van der Waals surface area contributed by atoms with Crippen LogP contribution < -0.4 is 5.73 Å². The third kappa shape index (κ3) is 2.13. The summed E-state index contributed by atoms with van der Waals surface area (Å²) in [5, 5.41) is 1.03. The van der Waals surface area contributed by atoms with E-state index in [2.05, 4.69) is 24.0 Å². The van der Waals surface area contributed by atoms with Gasteiger partial charge in [0.1, 0.15) is 5.82 Å². The Labute approximate surface area is 127 Å². The van der Waals surface area contributed by atoms with Crippen LogP contribution in [0.4, 0.5) is 5.82 Å². The van der Waals surface area contributed by atoms with Crippen molar-refractivity contribution in [2.24, 2.45) is 0 Å². The minimum Gasteiger partial charge on any atom is -0.383 e. The van der Waals surface area contributed by atoms with Gasteiger partial charge < -0.3 is 5.73 Å². The highest BCUT2D eigenvalue weighted by Gasteiger charge is 2.19. The summed E-state index contributed by atoms with van der Waals surface area (Å²) >= 11 is 12.2. The van der Waals surface area contributed by atoms with Gasteiger partial charge in [0.25, 0.3) is 0 Å². The Kier molecular flexibility index (Phi) is 3.32. The zero-order chi connectivity index (χ0) is 14.3. The van der Waals surface area contributed by atoms with Gasteiger partial charge in [0.2, 0.25) is 0 Å². The summed E-state index contributed by atoms with van der Waals surface area (Å²) in [6.07, 6.45) is 1.73. The number of benzene rings is 1. The second-order valence-electron chi connectivity index (χ2n) is 4.71. The topological polar surface area (TPSA) is 43.3 Å². The number of nitrogens with two attached hydrogens (primary N) is 1. The molecule has 0 saturated heterocycles. The average Bonchev–Trinajstić information content (AvgIpc) is 2.77. The fourth-order valence-corrected chi connectivity index (χ4v) is 2.84. The van der Waals surface area contributed by atoms with Crippen LogP contribution in [0, 0.1) is 0 Å². The highest BCUT2D eigenvalue weighted by atomic mass is 35.5. The Balaban J connectivity index is 2.18. The third-order valence-corrected chi connectivity index (χ3v) is 3.90. The molecular weight excluding hydrogens is 293 g/mol. The first-order valence-electron chi connectivity index (χ1n) is 6.25. The van der Waals surface area contributed by atoms with Gasteiger partial charge in [-0.25, -0.2) is 4.98 Å². The van der Waals surface area contributed by atoms with Crippen molar-refractivity contribution in [3.8, 4) is 0 Å². The van der Waals surface area contributed by atoms with E-state index in [0.717, 1.165) is 11.3 Å². The number of fused-ring (bicyclic) bond motifs is 1. The number of anilines is 1. The molecule has 3 nitrogen and oxygen atoms in total. The lowest BCUT2D eigenvalue weighted by Crippen LogP contribution is -2.01. The lowest BCUT2D eigenvalue weighted by molar-refractivity contribution is 0.889. The van der Waals surface area contributed by atoms with E-state index in [-0.39, 0.29) is 5.92 Å². The Hall–Kier alpha value is -1.71. The molecular formula is C15H13Cl2N3. The van der Waals surface area contributed by atoms with Crippen molar-refractivity contribution in [2.75, 3.05) is 5.73 Å². The molecule has 2 heterocycles. The van der Waals surface area contributed by atoms with Crippen molar-refractivity contribution in [1.82, 2.24) is 9.38 Å². The van der Waals surface area contributed by atoms with Crippen molar-refractivity contribution < 1.29 is 0 Å². The fourth-order valence-electron chi connectivity index (χ4n) is 2.33. The van der Waals surface area contributed by atoms with E-state index in [4.69, 9.17) is 28.9 Å². The Morgan fingerprint density at radius 3 is 2.60 bits per heavy atom. The second-order valence-corrected chi connectivity index (χ2v) is 5.56. The maximum Gasteiger partial charge on any atom is 0.157 e. The molecule has 2 aromatic heterocycles. The summed E-state index contributed by atoms with van der Waals surface area (Å²) in [6, 6.07) is 11.8. The van der Waals surface area contributed by atoms with Crippen molar-refractivity contribution in [1.29, 1.82) is 0 Å². The standard InChI is InChI=1S/C15H13Cl2N3/c1-9(10-5-3-2-4-6-10)13-14(18)20-8-11(16)7-12(17)15(20)19-13/h2-9H,18H2,1H3. The molecule has 0 amide bonds. The highest BCUT2D eigenvalue weighted by Crippen LogP contribution is 2.32. The molecule has 0 fully saturated rings. The zero-order valence-electron chi connectivity index (χ0n) is 10.8. The van der Waals surface area contributed by atoms with Crippen LogP contribution in [-0.4, -0.2) is 9.38 Å². The van der Waals surface area contributed by atoms with Crippen LogP contribution in [-0.2, 0) is 0 Å². The Morgan fingerprint density at radius 1 is 1.20 bits per heavy atom. The van der Waals surface area contributed by atoms with Crippen LogP contribution in [0.5, 0.6) is 0 Å². The van der Waals surface area contributed by atoms with Crippen LogP contribution in [0.3, 0.4) is 0 Å². The van der Waals surface area contributed by atoms with E-state index in [9.17, 15) is 0 Å². The maximum absolute atomic E-state index is 6.20. The molecule has 0 radical (unpaired) electrons. The van der Waals surface area contributed by atoms with Gasteiger partial charge in [-0.1, -0.05) is 60.5 Å². The van der Waals surface area contributed by atoms with E-state index in [1.807, 2.05) is 18.2 Å². The molecule has 0 saturated carbocycles. The molecule has 1 atom stereocenters. The molecule has 0 bridgehead atoms. The maximum atomic E-state index is 6.20. The average molecular weight is 306 g/mol. The molecule has 0 spiro atoms. The largest absolute Gasteiger partial charge is 0.383 e. The van der Waals surface area contributed by atoms with Crippen LogP contribution in [0.25, 0.3) is 5.65 Å². The Morgan fingerprint density at radius 2 is 1.90 bits per heavy atom. The minimum atomic E-state index is 0.0888. The van der Waals surface area contributed by atoms with Gasteiger partial charge in [-0.2, -0.15) is 0 Å². The summed E-state index contributed by atoms with van der Waals surface area (Å²) in [5.74, 6) is 0.659. The first-order valence-corrected chi connectivity index (χ1v) is 7.01. The van der Waals surface area contributed by atoms with Gasteiger partial charge in [-0.3, -0.25) is 4.40 Å². The number of nitrogen functional groups attached to an aromatic ring is 1. The lowest BCUT2D eigenvalue weighted by Gasteiger charge is -2.09. The molecule has 102 valence electrons. The van der Waals surface area contributed by atoms with E-state index < -0.39 is 0 Å².